The van der Waals surface area contributed by atoms with Crippen molar-refractivity contribution in [3.05, 3.63) is 0 Å². The average molecular weight is 131 g/mol. The molecule has 0 aromatic carbocycles. The average Bonchev–Trinajstić information content (AvgIpc) is 1.89. The van der Waals surface area contributed by atoms with Gasteiger partial charge in [0.1, 0.15) is 0 Å². The van der Waals surface area contributed by atoms with E-state index in [2.05, 4.69) is 19.2 Å². The van der Waals surface area contributed by atoms with E-state index in [9.17, 15) is 0 Å². The van der Waals surface area contributed by atoms with E-state index in [-0.39, 0.29) is 0 Å². The summed E-state index contributed by atoms with van der Waals surface area (Å²) in [6, 6.07) is 0. The van der Waals surface area contributed by atoms with Gasteiger partial charge < -0.3 is 10.4 Å². The van der Waals surface area contributed by atoms with E-state index in [1.165, 1.54) is 0 Å². The van der Waals surface area contributed by atoms with Crippen LogP contribution in [0.3, 0.4) is 0 Å². The van der Waals surface area contributed by atoms with Gasteiger partial charge in [-0.25, -0.2) is 0 Å². The molecule has 9 heavy (non-hydrogen) atoms. The predicted molar refractivity (Wildman–Crippen MR) is 39.4 cm³/mol. The molecule has 0 bridgehead atoms. The van der Waals surface area contributed by atoms with Crippen molar-refractivity contribution in [1.82, 2.24) is 5.32 Å². The van der Waals surface area contributed by atoms with Crippen molar-refractivity contribution >= 4 is 0 Å². The number of hydrogen-bond donors (Lipinski definition) is 2. The molecule has 0 heterocycles. The summed E-state index contributed by atoms with van der Waals surface area (Å²) in [6.07, 6.45) is 1.07. The fourth-order valence-corrected chi connectivity index (χ4v) is 0.617. The van der Waals surface area contributed by atoms with Crippen LogP contribution in [0.5, 0.6) is 0 Å². The fourth-order valence-electron chi connectivity index (χ4n) is 0.617. The second-order valence-electron chi connectivity index (χ2n) is 2.43. The topological polar surface area (TPSA) is 32.3 Å². The maximum Gasteiger partial charge on any atom is 0.0457 e. The third kappa shape index (κ3) is 5.80. The Balaban J connectivity index is 2.88. The van der Waals surface area contributed by atoms with Gasteiger partial charge in [0.05, 0.1) is 0 Å². The number of hydrogen-bond acceptors (Lipinski definition) is 2. The van der Waals surface area contributed by atoms with Gasteiger partial charge in [-0.2, -0.15) is 0 Å². The summed E-state index contributed by atoms with van der Waals surface area (Å²) in [7, 11) is 0. The van der Waals surface area contributed by atoms with E-state index in [0.29, 0.717) is 12.5 Å². The van der Waals surface area contributed by atoms with Crippen LogP contribution < -0.4 is 5.32 Å². The quantitative estimate of drug-likeness (QED) is 0.536. The molecule has 2 nitrogen and oxygen atoms in total. The van der Waals surface area contributed by atoms with Crippen LogP contribution >= 0.6 is 0 Å². The summed E-state index contributed by atoms with van der Waals surface area (Å²) >= 11 is 0. The largest absolute Gasteiger partial charge is 0.396 e. The van der Waals surface area contributed by atoms with Gasteiger partial charge in [-0.1, -0.05) is 13.8 Å². The van der Waals surface area contributed by atoms with E-state index in [1.54, 1.807) is 0 Å². The minimum Gasteiger partial charge on any atom is -0.396 e. The number of nitrogens with one attached hydrogen (secondary N) is 1. The maximum atomic E-state index is 8.61. The van der Waals surface area contributed by atoms with Crippen LogP contribution in [-0.2, 0) is 0 Å². The minimum absolute atomic E-state index is 0.311. The molecular formula is C7H17NO. The molecule has 56 valence electrons. The summed E-state index contributed by atoms with van der Waals surface area (Å²) in [5.41, 5.74) is 0. The highest BCUT2D eigenvalue weighted by molar-refractivity contribution is 4.51. The highest BCUT2D eigenvalue weighted by Gasteiger charge is 1.96. The van der Waals surface area contributed by atoms with E-state index < -0.39 is 0 Å². The van der Waals surface area contributed by atoms with Gasteiger partial charge in [-0.15, -0.1) is 0 Å². The fraction of sp³-hybridized carbons (Fsp3) is 1.00. The van der Waals surface area contributed by atoms with Gasteiger partial charge in [0.15, 0.2) is 0 Å². The Kier molecular flexibility index (Phi) is 5.99. The van der Waals surface area contributed by atoms with Crippen LogP contribution in [0.2, 0.25) is 0 Å². The first-order valence-corrected chi connectivity index (χ1v) is 3.62. The highest BCUT2D eigenvalue weighted by atomic mass is 16.3. The van der Waals surface area contributed by atoms with Crippen molar-refractivity contribution in [2.45, 2.75) is 20.3 Å². The Bertz CT molecular complexity index is 56.9. The van der Waals surface area contributed by atoms with Gasteiger partial charge in [0, 0.05) is 6.61 Å². The number of aliphatic hydroxyl groups excluding tert-OH is 1. The summed E-state index contributed by atoms with van der Waals surface area (Å²) in [5, 5.41) is 11.8. The van der Waals surface area contributed by atoms with Crippen LogP contribution in [0.4, 0.5) is 0 Å². The predicted octanol–water partition coefficient (Wildman–Crippen LogP) is 0.614. The number of rotatable bonds is 5. The van der Waals surface area contributed by atoms with Crippen LogP contribution in [-0.4, -0.2) is 24.8 Å². The third-order valence-corrected chi connectivity index (χ3v) is 1.38. The Morgan fingerprint density at radius 3 is 2.67 bits per heavy atom. The molecule has 0 unspecified atom stereocenters. The molecule has 2 N–H and O–H groups in total. The minimum atomic E-state index is 0.311. The summed E-state index contributed by atoms with van der Waals surface area (Å²) in [5.74, 6) is 0.448. The van der Waals surface area contributed by atoms with Gasteiger partial charge in [0.25, 0.3) is 0 Å². The highest BCUT2D eigenvalue weighted by Crippen LogP contribution is 1.96. The van der Waals surface area contributed by atoms with Crippen LogP contribution in [0, 0.1) is 5.92 Å². The molecule has 0 saturated heterocycles. The monoisotopic (exact) mass is 131 g/mol. The zero-order valence-corrected chi connectivity index (χ0v) is 6.35. The second kappa shape index (κ2) is 6.05. The van der Waals surface area contributed by atoms with E-state index >= 15 is 0 Å². The first-order valence-electron chi connectivity index (χ1n) is 3.62. The molecule has 1 atom stereocenters. The van der Waals surface area contributed by atoms with Crippen LogP contribution in [0.1, 0.15) is 20.3 Å². The Morgan fingerprint density at radius 2 is 2.22 bits per heavy atom. The lowest BCUT2D eigenvalue weighted by molar-refractivity contribution is 0.229. The molecule has 2 heteroatoms. The molecule has 0 fully saturated rings. The first kappa shape index (κ1) is 8.92. The Morgan fingerprint density at radius 1 is 1.56 bits per heavy atom. The Hall–Kier alpha value is -0.0800. The molecular weight excluding hydrogens is 114 g/mol. The Labute approximate surface area is 57.3 Å². The lowest BCUT2D eigenvalue weighted by Gasteiger charge is -2.06. The van der Waals surface area contributed by atoms with Crippen molar-refractivity contribution in [3.63, 3.8) is 0 Å². The summed E-state index contributed by atoms with van der Waals surface area (Å²) in [4.78, 5) is 0. The van der Waals surface area contributed by atoms with E-state index in [4.69, 9.17) is 5.11 Å². The lowest BCUT2D eigenvalue weighted by atomic mass is 10.1. The van der Waals surface area contributed by atoms with Gasteiger partial charge in [0.2, 0.25) is 0 Å². The molecule has 0 aliphatic carbocycles. The summed E-state index contributed by atoms with van der Waals surface area (Å²) in [6.45, 7) is 6.50. The summed E-state index contributed by atoms with van der Waals surface area (Å²) < 4.78 is 0. The molecule has 0 rings (SSSR count). The molecule has 0 radical (unpaired) electrons. The smallest absolute Gasteiger partial charge is 0.0457 e. The second-order valence-corrected chi connectivity index (χ2v) is 2.43. The number of aliphatic hydroxyl groups is 1. The molecule has 0 aliphatic rings. The van der Waals surface area contributed by atoms with Crippen molar-refractivity contribution < 1.29 is 5.11 Å². The van der Waals surface area contributed by atoms with E-state index in [0.717, 1.165) is 19.5 Å². The normalized spacial score (nSPS) is 13.7. The standard InChI is InChI=1S/C7H17NO/c1-3-8-5-4-7(2)6-9/h7-9H,3-6H2,1-2H3/t7-/m1/s1. The van der Waals surface area contributed by atoms with Crippen molar-refractivity contribution in [1.29, 1.82) is 0 Å². The van der Waals surface area contributed by atoms with Gasteiger partial charge in [-0.3, -0.25) is 0 Å². The molecule has 0 aromatic rings. The van der Waals surface area contributed by atoms with Gasteiger partial charge in [-0.05, 0) is 25.4 Å². The molecule has 0 saturated carbocycles. The van der Waals surface area contributed by atoms with Gasteiger partial charge >= 0.3 is 0 Å². The maximum absolute atomic E-state index is 8.61. The zero-order valence-electron chi connectivity index (χ0n) is 6.35. The molecule has 0 aromatic heterocycles. The molecule has 0 amide bonds. The first-order chi connectivity index (χ1) is 4.31. The van der Waals surface area contributed by atoms with Crippen LogP contribution in [0.25, 0.3) is 0 Å². The lowest BCUT2D eigenvalue weighted by Crippen LogP contribution is -2.17. The van der Waals surface area contributed by atoms with Crippen LogP contribution in [0.15, 0.2) is 0 Å². The molecule has 0 aliphatic heterocycles. The SMILES string of the molecule is CCNCC[C@@H](C)CO. The molecule has 0 spiro atoms. The van der Waals surface area contributed by atoms with Crippen molar-refractivity contribution in [2.75, 3.05) is 19.7 Å². The zero-order chi connectivity index (χ0) is 7.11. The van der Waals surface area contributed by atoms with Crippen molar-refractivity contribution in [3.8, 4) is 0 Å². The van der Waals surface area contributed by atoms with E-state index in [1.807, 2.05) is 0 Å². The van der Waals surface area contributed by atoms with Crippen molar-refractivity contribution in [2.24, 2.45) is 5.92 Å². The third-order valence-electron chi connectivity index (χ3n) is 1.38.